The molecule has 0 spiro atoms. The fourth-order valence-electron chi connectivity index (χ4n) is 2.62. The summed E-state index contributed by atoms with van der Waals surface area (Å²) >= 11 is 6.04. The lowest BCUT2D eigenvalue weighted by Gasteiger charge is -2.07. The van der Waals surface area contributed by atoms with Gasteiger partial charge < -0.3 is 10.6 Å². The van der Waals surface area contributed by atoms with Crippen molar-refractivity contribution >= 4 is 47.2 Å². The van der Waals surface area contributed by atoms with Gasteiger partial charge in [0.1, 0.15) is 6.04 Å². The van der Waals surface area contributed by atoms with Gasteiger partial charge in [-0.3, -0.25) is 19.7 Å². The molecule has 2 aromatic carbocycles. The number of hydrazone groups is 1. The van der Waals surface area contributed by atoms with Crippen molar-refractivity contribution in [2.24, 2.45) is 10.1 Å². The van der Waals surface area contributed by atoms with Gasteiger partial charge >= 0.3 is 0 Å². The van der Waals surface area contributed by atoms with Crippen molar-refractivity contribution in [1.82, 2.24) is 16.1 Å². The lowest BCUT2D eigenvalue weighted by atomic mass is 10.1. The summed E-state index contributed by atoms with van der Waals surface area (Å²) in [5, 5.41) is 12.3. The number of hydrogen-bond donors (Lipinski definition) is 4. The van der Waals surface area contributed by atoms with Crippen LogP contribution in [0.15, 0.2) is 58.6 Å². The molecule has 3 amide bonds. The molecule has 0 radical (unpaired) electrons. The number of hydrogen-bond acceptors (Lipinski definition) is 6. The topological polar surface area (TPSA) is 124 Å². The van der Waals surface area contributed by atoms with Gasteiger partial charge in [-0.2, -0.15) is 5.10 Å². The Morgan fingerprint density at radius 3 is 2.63 bits per heavy atom. The van der Waals surface area contributed by atoms with E-state index < -0.39 is 11.9 Å². The van der Waals surface area contributed by atoms with Gasteiger partial charge in [0.2, 0.25) is 11.9 Å². The molecule has 4 N–H and O–H groups in total. The number of anilines is 1. The molecule has 0 aliphatic carbocycles. The van der Waals surface area contributed by atoms with E-state index in [4.69, 9.17) is 11.6 Å². The second kappa shape index (κ2) is 9.66. The van der Waals surface area contributed by atoms with Crippen LogP contribution in [0.4, 0.5) is 5.69 Å². The zero-order chi connectivity index (χ0) is 21.5. The van der Waals surface area contributed by atoms with Gasteiger partial charge in [0.25, 0.3) is 11.8 Å². The zero-order valence-electron chi connectivity index (χ0n) is 16.0. The number of benzene rings is 2. The Balaban J connectivity index is 1.54. The van der Waals surface area contributed by atoms with E-state index in [0.717, 1.165) is 0 Å². The minimum Gasteiger partial charge on any atom is -0.355 e. The second-order valence-electron chi connectivity index (χ2n) is 6.28. The summed E-state index contributed by atoms with van der Waals surface area (Å²) in [6.45, 7) is 0. The highest BCUT2D eigenvalue weighted by Crippen LogP contribution is 2.13. The lowest BCUT2D eigenvalue weighted by Crippen LogP contribution is -2.35. The van der Waals surface area contributed by atoms with Gasteiger partial charge in [-0.1, -0.05) is 29.8 Å². The highest BCUT2D eigenvalue weighted by Gasteiger charge is 2.28. The van der Waals surface area contributed by atoms with Crippen LogP contribution in [0.5, 0.6) is 0 Å². The van der Waals surface area contributed by atoms with Gasteiger partial charge in [0.05, 0.1) is 12.6 Å². The monoisotopic (exact) mass is 426 g/mol. The zero-order valence-corrected chi connectivity index (χ0v) is 16.7. The normalized spacial score (nSPS) is 15.5. The largest absolute Gasteiger partial charge is 0.355 e. The molecule has 0 unspecified atom stereocenters. The molecule has 10 heteroatoms. The average molecular weight is 427 g/mol. The predicted molar refractivity (Wildman–Crippen MR) is 115 cm³/mol. The van der Waals surface area contributed by atoms with E-state index in [9.17, 15) is 14.4 Å². The predicted octanol–water partition coefficient (Wildman–Crippen LogP) is 1.51. The summed E-state index contributed by atoms with van der Waals surface area (Å²) in [7, 11) is 1.54. The first-order chi connectivity index (χ1) is 14.5. The molecule has 0 aromatic heterocycles. The summed E-state index contributed by atoms with van der Waals surface area (Å²) in [6.07, 6.45) is 1.36. The van der Waals surface area contributed by atoms with Crippen LogP contribution in [0.25, 0.3) is 0 Å². The molecule has 3 rings (SSSR count). The molecule has 1 aliphatic rings. The van der Waals surface area contributed by atoms with Crippen molar-refractivity contribution in [2.45, 2.75) is 12.5 Å². The molecular formula is C20H19ClN6O3. The van der Waals surface area contributed by atoms with E-state index in [0.29, 0.717) is 21.8 Å². The van der Waals surface area contributed by atoms with Gasteiger partial charge in [-0.05, 0) is 30.3 Å². The maximum absolute atomic E-state index is 12.2. The Morgan fingerprint density at radius 1 is 1.20 bits per heavy atom. The highest BCUT2D eigenvalue weighted by molar-refractivity contribution is 6.33. The Bertz CT molecular complexity index is 1020. The van der Waals surface area contributed by atoms with Crippen LogP contribution in [0.2, 0.25) is 5.02 Å². The molecule has 1 aliphatic heterocycles. The maximum atomic E-state index is 12.2. The number of nitrogens with one attached hydrogen (secondary N) is 4. The van der Waals surface area contributed by atoms with E-state index in [1.165, 1.54) is 13.3 Å². The van der Waals surface area contributed by atoms with Crippen LogP contribution < -0.4 is 21.4 Å². The first kappa shape index (κ1) is 21.0. The van der Waals surface area contributed by atoms with Crippen LogP contribution in [0.1, 0.15) is 22.3 Å². The van der Waals surface area contributed by atoms with Crippen molar-refractivity contribution < 1.29 is 14.4 Å². The number of nitrogens with zero attached hydrogens (tertiary/aromatic N) is 2. The Kier molecular flexibility index (Phi) is 6.76. The fraction of sp³-hybridized carbons (Fsp3) is 0.150. The van der Waals surface area contributed by atoms with Crippen LogP contribution >= 0.6 is 11.6 Å². The molecule has 30 heavy (non-hydrogen) atoms. The third kappa shape index (κ3) is 5.42. The smallest absolute Gasteiger partial charge is 0.252 e. The average Bonchev–Trinajstić information content (AvgIpc) is 3.08. The van der Waals surface area contributed by atoms with Crippen LogP contribution in [0.3, 0.4) is 0 Å². The fourth-order valence-corrected chi connectivity index (χ4v) is 2.81. The third-order valence-electron chi connectivity index (χ3n) is 4.15. The summed E-state index contributed by atoms with van der Waals surface area (Å²) in [5.41, 5.74) is 4.31. The Labute approximate surface area is 177 Å². The van der Waals surface area contributed by atoms with Gasteiger partial charge in [0.15, 0.2) is 0 Å². The molecule has 0 saturated heterocycles. The van der Waals surface area contributed by atoms with Gasteiger partial charge in [-0.15, -0.1) is 0 Å². The highest BCUT2D eigenvalue weighted by atomic mass is 35.5. The van der Waals surface area contributed by atoms with Crippen molar-refractivity contribution in [3.8, 4) is 0 Å². The number of aliphatic imine (C=N–C) groups is 1. The lowest BCUT2D eigenvalue weighted by molar-refractivity contribution is -0.123. The van der Waals surface area contributed by atoms with Crippen LogP contribution in [-0.4, -0.2) is 43.0 Å². The van der Waals surface area contributed by atoms with Crippen molar-refractivity contribution in [1.29, 1.82) is 0 Å². The van der Waals surface area contributed by atoms with Crippen molar-refractivity contribution in [3.05, 3.63) is 64.7 Å². The Morgan fingerprint density at radius 2 is 1.93 bits per heavy atom. The number of halogens is 1. The summed E-state index contributed by atoms with van der Waals surface area (Å²) in [5.74, 6) is -0.860. The van der Waals surface area contributed by atoms with E-state index >= 15 is 0 Å². The first-order valence-electron chi connectivity index (χ1n) is 9.00. The quantitative estimate of drug-likeness (QED) is 0.412. The molecule has 0 saturated carbocycles. The minimum absolute atomic E-state index is 0.136. The maximum Gasteiger partial charge on any atom is 0.252 e. The minimum atomic E-state index is -0.867. The number of guanidine groups is 1. The van der Waals surface area contributed by atoms with Gasteiger partial charge in [-0.25, -0.2) is 10.4 Å². The summed E-state index contributed by atoms with van der Waals surface area (Å²) in [4.78, 5) is 40.0. The number of carbonyl (C=O) groups excluding carboxylic acids is 3. The molecule has 1 atom stereocenters. The SMILES string of the molecule is CNC(=O)c1ccc(NC(=O)C[C@H]2N=C(N/N=C\c3ccccc3Cl)NC2=O)cc1. The molecule has 9 nitrogen and oxygen atoms in total. The van der Waals surface area contributed by atoms with E-state index in [-0.39, 0.29) is 24.2 Å². The molecule has 154 valence electrons. The molecular weight excluding hydrogens is 408 g/mol. The van der Waals surface area contributed by atoms with E-state index in [1.54, 1.807) is 42.5 Å². The number of rotatable bonds is 6. The third-order valence-corrected chi connectivity index (χ3v) is 4.49. The molecule has 2 aromatic rings. The first-order valence-corrected chi connectivity index (χ1v) is 9.38. The summed E-state index contributed by atoms with van der Waals surface area (Å²) in [6, 6.07) is 12.7. The standard InChI is InChI=1S/C20H19ClN6O3/c1-22-18(29)12-6-8-14(9-7-12)24-17(28)10-16-19(30)26-20(25-16)27-23-11-13-4-2-3-5-15(13)21/h2-9,11,16H,10H2,1H3,(H,22,29)(H,24,28)(H2,25,26,27,30)/b23-11-/t16-/m1/s1. The van der Waals surface area contributed by atoms with Crippen LogP contribution in [0, 0.1) is 0 Å². The van der Waals surface area contributed by atoms with Gasteiger partial charge in [0, 0.05) is 28.9 Å². The molecule has 0 fully saturated rings. The Hall–Kier alpha value is -3.72. The molecule has 0 bridgehead atoms. The van der Waals surface area contributed by atoms with Crippen molar-refractivity contribution in [2.75, 3.05) is 12.4 Å². The van der Waals surface area contributed by atoms with E-state index in [1.807, 2.05) is 6.07 Å². The van der Waals surface area contributed by atoms with Crippen LogP contribution in [-0.2, 0) is 9.59 Å². The molecule has 1 heterocycles. The number of amides is 3. The second-order valence-corrected chi connectivity index (χ2v) is 6.69. The summed E-state index contributed by atoms with van der Waals surface area (Å²) < 4.78 is 0. The number of carbonyl (C=O) groups is 3. The van der Waals surface area contributed by atoms with E-state index in [2.05, 4.69) is 31.5 Å². The van der Waals surface area contributed by atoms with Crippen molar-refractivity contribution in [3.63, 3.8) is 0 Å².